The molecule has 2 aromatic rings. The van der Waals surface area contributed by atoms with E-state index in [0.29, 0.717) is 5.92 Å². The van der Waals surface area contributed by atoms with Gasteiger partial charge in [-0.25, -0.2) is 4.98 Å². The topological polar surface area (TPSA) is 52.6 Å². The van der Waals surface area contributed by atoms with Crippen LogP contribution < -0.4 is 10.6 Å². The molecule has 0 bridgehead atoms. The van der Waals surface area contributed by atoms with Crippen LogP contribution in [0.15, 0.2) is 40.7 Å². The number of rotatable bonds is 7. The van der Waals surface area contributed by atoms with E-state index in [1.165, 1.54) is 29.1 Å². The van der Waals surface area contributed by atoms with Crippen LogP contribution >= 0.6 is 35.3 Å². The molecule has 1 fully saturated rings. The number of thiazole rings is 1. The summed E-state index contributed by atoms with van der Waals surface area (Å²) in [6.45, 7) is 7.26. The summed E-state index contributed by atoms with van der Waals surface area (Å²) in [5.41, 5.74) is 2.50. The first kappa shape index (κ1) is 23.1. The van der Waals surface area contributed by atoms with Gasteiger partial charge in [-0.1, -0.05) is 37.3 Å². The average molecular weight is 513 g/mol. The molecule has 0 atom stereocenters. The number of aliphatic imine (C=N–C) groups is 1. The Morgan fingerprint density at radius 2 is 1.96 bits per heavy atom. The highest BCUT2D eigenvalue weighted by molar-refractivity contribution is 14.0. The quantitative estimate of drug-likeness (QED) is 0.335. The molecular weight excluding hydrogens is 481 g/mol. The van der Waals surface area contributed by atoms with Crippen molar-refractivity contribution >= 4 is 41.3 Å². The molecule has 0 aliphatic carbocycles. The summed E-state index contributed by atoms with van der Waals surface area (Å²) in [6, 6.07) is 10.4. The predicted octanol–water partition coefficient (Wildman–Crippen LogP) is 3.90. The van der Waals surface area contributed by atoms with E-state index in [1.807, 2.05) is 13.1 Å². The van der Waals surface area contributed by atoms with Crippen molar-refractivity contribution in [2.45, 2.75) is 39.3 Å². The summed E-state index contributed by atoms with van der Waals surface area (Å²) in [4.78, 5) is 11.6. The fourth-order valence-corrected chi connectivity index (χ4v) is 4.14. The summed E-state index contributed by atoms with van der Waals surface area (Å²) in [6.07, 6.45) is 3.50. The summed E-state index contributed by atoms with van der Waals surface area (Å²) in [7, 11) is 1.83. The average Bonchev–Trinajstić information content (AvgIpc) is 3.17. The Kier molecular flexibility index (Phi) is 10.2. The normalized spacial score (nSPS) is 15.9. The van der Waals surface area contributed by atoms with Crippen molar-refractivity contribution in [2.75, 3.05) is 26.7 Å². The van der Waals surface area contributed by atoms with Crippen LogP contribution in [0.5, 0.6) is 0 Å². The number of benzene rings is 1. The summed E-state index contributed by atoms with van der Waals surface area (Å²) >= 11 is 1.79. The maximum absolute atomic E-state index is 4.70. The zero-order valence-electron chi connectivity index (χ0n) is 16.9. The van der Waals surface area contributed by atoms with Crippen LogP contribution in [-0.2, 0) is 19.5 Å². The number of nitrogens with one attached hydrogen (secondary N) is 2. The number of guanidine groups is 1. The second-order valence-corrected chi connectivity index (χ2v) is 8.04. The Balaban J connectivity index is 0.00000280. The highest BCUT2D eigenvalue weighted by Crippen LogP contribution is 2.19. The molecule has 1 saturated heterocycles. The van der Waals surface area contributed by atoms with Crippen molar-refractivity contribution in [3.8, 4) is 0 Å². The zero-order valence-corrected chi connectivity index (χ0v) is 20.0. The van der Waals surface area contributed by atoms with Gasteiger partial charge in [0, 0.05) is 32.1 Å². The zero-order chi connectivity index (χ0) is 18.9. The van der Waals surface area contributed by atoms with E-state index < -0.39 is 0 Å². The van der Waals surface area contributed by atoms with E-state index in [-0.39, 0.29) is 24.0 Å². The summed E-state index contributed by atoms with van der Waals surface area (Å²) in [5.74, 6) is 1.59. The minimum atomic E-state index is 0. The maximum Gasteiger partial charge on any atom is 0.191 e. The largest absolute Gasteiger partial charge is 0.356 e. The molecule has 5 nitrogen and oxygen atoms in total. The van der Waals surface area contributed by atoms with Gasteiger partial charge < -0.3 is 10.6 Å². The molecule has 2 heterocycles. The number of nitrogens with zero attached hydrogens (tertiary/aromatic N) is 3. The number of likely N-dealkylation sites (tertiary alicyclic amines) is 1. The van der Waals surface area contributed by atoms with Crippen LogP contribution in [0, 0.1) is 5.92 Å². The molecule has 1 aromatic carbocycles. The Labute approximate surface area is 190 Å². The van der Waals surface area contributed by atoms with Crippen LogP contribution in [0.3, 0.4) is 0 Å². The van der Waals surface area contributed by atoms with Gasteiger partial charge in [0.1, 0.15) is 0 Å². The molecule has 1 aliphatic heterocycles. The Morgan fingerprint density at radius 1 is 1.21 bits per heavy atom. The molecule has 154 valence electrons. The van der Waals surface area contributed by atoms with Gasteiger partial charge in [0.2, 0.25) is 0 Å². The third-order valence-corrected chi connectivity index (χ3v) is 6.12. The molecule has 0 unspecified atom stereocenters. The van der Waals surface area contributed by atoms with Gasteiger partial charge in [0.25, 0.3) is 0 Å². The van der Waals surface area contributed by atoms with Gasteiger partial charge in [-0.15, -0.1) is 35.3 Å². The van der Waals surface area contributed by atoms with Gasteiger partial charge in [0.15, 0.2) is 5.96 Å². The molecule has 0 radical (unpaired) electrons. The molecule has 1 aromatic heterocycles. The number of hydrogen-bond acceptors (Lipinski definition) is 4. The van der Waals surface area contributed by atoms with Crippen molar-refractivity contribution in [1.82, 2.24) is 20.5 Å². The first-order chi connectivity index (χ1) is 13.3. The molecule has 1 aliphatic rings. The Hall–Kier alpha value is -1.19. The number of halogens is 1. The first-order valence-corrected chi connectivity index (χ1v) is 10.8. The van der Waals surface area contributed by atoms with Crippen molar-refractivity contribution in [2.24, 2.45) is 10.9 Å². The molecular formula is C21H32IN5S. The minimum absolute atomic E-state index is 0. The van der Waals surface area contributed by atoms with E-state index in [0.717, 1.165) is 45.1 Å². The fraction of sp³-hybridized carbons (Fsp3) is 0.524. The lowest BCUT2D eigenvalue weighted by molar-refractivity contribution is 0.176. The number of piperidine rings is 1. The first-order valence-electron chi connectivity index (χ1n) is 9.91. The van der Waals surface area contributed by atoms with Crippen molar-refractivity contribution < 1.29 is 0 Å². The van der Waals surface area contributed by atoms with Gasteiger partial charge in [0.05, 0.1) is 10.7 Å². The lowest BCUT2D eigenvalue weighted by Gasteiger charge is -2.31. The summed E-state index contributed by atoms with van der Waals surface area (Å²) in [5, 5.41) is 10.4. The van der Waals surface area contributed by atoms with Crippen molar-refractivity contribution in [3.63, 3.8) is 0 Å². The van der Waals surface area contributed by atoms with E-state index in [2.05, 4.69) is 57.1 Å². The van der Waals surface area contributed by atoms with Gasteiger partial charge >= 0.3 is 0 Å². The van der Waals surface area contributed by atoms with Crippen LogP contribution in [0.2, 0.25) is 0 Å². The number of hydrogen-bond donors (Lipinski definition) is 2. The molecule has 0 amide bonds. The SMILES string of the molecule is CCc1nc(CN2CCC(CNC(=NC)NCc3ccccc3)CC2)cs1.I. The molecule has 7 heteroatoms. The van der Waals surface area contributed by atoms with Crippen molar-refractivity contribution in [1.29, 1.82) is 0 Å². The maximum atomic E-state index is 4.70. The second-order valence-electron chi connectivity index (χ2n) is 7.10. The van der Waals surface area contributed by atoms with E-state index in [1.54, 1.807) is 11.3 Å². The third kappa shape index (κ3) is 7.33. The van der Waals surface area contributed by atoms with Crippen LogP contribution in [-0.4, -0.2) is 42.5 Å². The predicted molar refractivity (Wildman–Crippen MR) is 130 cm³/mol. The van der Waals surface area contributed by atoms with Crippen molar-refractivity contribution in [3.05, 3.63) is 52.0 Å². The van der Waals surface area contributed by atoms with E-state index >= 15 is 0 Å². The smallest absolute Gasteiger partial charge is 0.191 e. The molecule has 28 heavy (non-hydrogen) atoms. The molecule has 0 spiro atoms. The number of aryl methyl sites for hydroxylation is 1. The molecule has 0 saturated carbocycles. The van der Waals surface area contributed by atoms with E-state index in [4.69, 9.17) is 4.98 Å². The van der Waals surface area contributed by atoms with E-state index in [9.17, 15) is 0 Å². The van der Waals surface area contributed by atoms with Crippen LogP contribution in [0.25, 0.3) is 0 Å². The standard InChI is InChI=1S/C21H31N5S.HI/c1-3-20-25-19(16-27-20)15-26-11-9-18(10-12-26)14-24-21(22-2)23-13-17-7-5-4-6-8-17;/h4-8,16,18H,3,9-15H2,1-2H3,(H2,22,23,24);1H. The lowest BCUT2D eigenvalue weighted by Crippen LogP contribution is -2.42. The fourth-order valence-electron chi connectivity index (χ4n) is 3.40. The third-order valence-electron chi connectivity index (χ3n) is 5.08. The highest BCUT2D eigenvalue weighted by atomic mass is 127. The molecule has 2 N–H and O–H groups in total. The Morgan fingerprint density at radius 3 is 2.61 bits per heavy atom. The lowest BCUT2D eigenvalue weighted by atomic mass is 9.97. The van der Waals surface area contributed by atoms with Gasteiger partial charge in [-0.2, -0.15) is 0 Å². The Bertz CT molecular complexity index is 711. The van der Waals surface area contributed by atoms with Crippen LogP contribution in [0.1, 0.15) is 36.0 Å². The minimum Gasteiger partial charge on any atom is -0.356 e. The van der Waals surface area contributed by atoms with Crippen LogP contribution in [0.4, 0.5) is 0 Å². The molecule has 3 rings (SSSR count). The highest BCUT2D eigenvalue weighted by Gasteiger charge is 2.20. The number of aromatic nitrogens is 1. The van der Waals surface area contributed by atoms with Gasteiger partial charge in [-0.3, -0.25) is 9.89 Å². The van der Waals surface area contributed by atoms with Gasteiger partial charge in [-0.05, 0) is 43.8 Å². The summed E-state index contributed by atoms with van der Waals surface area (Å²) < 4.78 is 0. The second kappa shape index (κ2) is 12.4. The monoisotopic (exact) mass is 513 g/mol.